The molecule has 0 spiro atoms. The number of phenols is 1. The first-order chi connectivity index (χ1) is 11.8. The Kier molecular flexibility index (Phi) is 5.64. The zero-order chi connectivity index (χ0) is 18.6. The number of hydrogen-bond donors (Lipinski definition) is 3. The molecule has 3 N–H and O–H groups in total. The third kappa shape index (κ3) is 4.73. The maximum absolute atomic E-state index is 12.1. The topological polar surface area (TPSA) is 95.9 Å². The number of anilines is 1. The second-order valence-electron chi connectivity index (χ2n) is 6.07. The quantitative estimate of drug-likeness (QED) is 0.697. The van der Waals surface area contributed by atoms with Gasteiger partial charge in [0.15, 0.2) is 6.61 Å². The van der Waals surface area contributed by atoms with E-state index in [0.29, 0.717) is 5.75 Å². The number of aromatic hydroxyl groups is 1. The Morgan fingerprint density at radius 1 is 1.16 bits per heavy atom. The minimum Gasteiger partial charge on any atom is -0.506 e. The molecular weight excluding hydrogens is 322 g/mol. The highest BCUT2D eigenvalue weighted by Crippen LogP contribution is 2.28. The van der Waals surface area contributed by atoms with Gasteiger partial charge in [-0.25, -0.2) is 4.79 Å². The van der Waals surface area contributed by atoms with E-state index >= 15 is 0 Å². The monoisotopic (exact) mass is 343 g/mol. The van der Waals surface area contributed by atoms with E-state index in [2.05, 4.69) is 5.32 Å². The number of ether oxygens (including phenoxy) is 1. The Hall–Kier alpha value is -3.02. The zero-order valence-electron chi connectivity index (χ0n) is 14.4. The van der Waals surface area contributed by atoms with Gasteiger partial charge in [-0.3, -0.25) is 4.79 Å². The molecule has 132 valence electrons. The number of benzene rings is 2. The molecule has 0 aliphatic carbocycles. The molecule has 0 saturated heterocycles. The number of hydrogen-bond acceptors (Lipinski definition) is 4. The SMILES string of the molecule is Cc1ccc(C(C)C)c(OCC(=O)Nc2cc(C(=O)O)ccc2O)c1. The minimum atomic E-state index is -1.15. The summed E-state index contributed by atoms with van der Waals surface area (Å²) in [4.78, 5) is 23.1. The number of carbonyl (C=O) groups is 2. The molecule has 0 aliphatic rings. The van der Waals surface area contributed by atoms with E-state index in [1.54, 1.807) is 0 Å². The fourth-order valence-electron chi connectivity index (χ4n) is 2.34. The maximum Gasteiger partial charge on any atom is 0.335 e. The summed E-state index contributed by atoms with van der Waals surface area (Å²) in [7, 11) is 0. The van der Waals surface area contributed by atoms with Crippen LogP contribution in [0.15, 0.2) is 36.4 Å². The molecule has 0 atom stereocenters. The van der Waals surface area contributed by atoms with Gasteiger partial charge in [0.1, 0.15) is 11.5 Å². The van der Waals surface area contributed by atoms with Gasteiger partial charge in [-0.05, 0) is 48.2 Å². The van der Waals surface area contributed by atoms with Crippen molar-refractivity contribution >= 4 is 17.6 Å². The average Bonchev–Trinajstić information content (AvgIpc) is 2.54. The van der Waals surface area contributed by atoms with E-state index < -0.39 is 11.9 Å². The van der Waals surface area contributed by atoms with Gasteiger partial charge in [0.05, 0.1) is 11.3 Å². The molecule has 6 nitrogen and oxygen atoms in total. The van der Waals surface area contributed by atoms with E-state index in [1.807, 2.05) is 39.0 Å². The van der Waals surface area contributed by atoms with Crippen LogP contribution in [0.1, 0.15) is 41.3 Å². The van der Waals surface area contributed by atoms with Gasteiger partial charge in [0.25, 0.3) is 5.91 Å². The molecule has 1 amide bonds. The first-order valence-corrected chi connectivity index (χ1v) is 7.87. The summed E-state index contributed by atoms with van der Waals surface area (Å²) < 4.78 is 5.62. The molecule has 0 saturated carbocycles. The highest BCUT2D eigenvalue weighted by atomic mass is 16.5. The van der Waals surface area contributed by atoms with Gasteiger partial charge in [-0.2, -0.15) is 0 Å². The van der Waals surface area contributed by atoms with Crippen molar-refractivity contribution in [3.8, 4) is 11.5 Å². The van der Waals surface area contributed by atoms with Crippen molar-refractivity contribution in [2.75, 3.05) is 11.9 Å². The van der Waals surface area contributed by atoms with Gasteiger partial charge < -0.3 is 20.3 Å². The third-order valence-corrected chi connectivity index (χ3v) is 3.67. The Balaban J connectivity index is 2.08. The van der Waals surface area contributed by atoms with E-state index in [1.165, 1.54) is 18.2 Å². The predicted octanol–water partition coefficient (Wildman–Crippen LogP) is 3.54. The van der Waals surface area contributed by atoms with Gasteiger partial charge >= 0.3 is 5.97 Å². The summed E-state index contributed by atoms with van der Waals surface area (Å²) in [6.45, 7) is 5.76. The number of amides is 1. The molecule has 0 bridgehead atoms. The second kappa shape index (κ2) is 7.70. The fourth-order valence-corrected chi connectivity index (χ4v) is 2.34. The number of carbonyl (C=O) groups excluding carboxylic acids is 1. The molecule has 0 aliphatic heterocycles. The first-order valence-electron chi connectivity index (χ1n) is 7.87. The lowest BCUT2D eigenvalue weighted by atomic mass is 10.0. The van der Waals surface area contributed by atoms with Crippen molar-refractivity contribution < 1.29 is 24.5 Å². The number of carboxylic acid groups (broad SMARTS) is 1. The molecule has 2 rings (SSSR count). The van der Waals surface area contributed by atoms with E-state index in [9.17, 15) is 14.7 Å². The number of aryl methyl sites for hydroxylation is 1. The molecule has 2 aromatic carbocycles. The Bertz CT molecular complexity index is 798. The van der Waals surface area contributed by atoms with E-state index in [-0.39, 0.29) is 29.5 Å². The first kappa shape index (κ1) is 18.3. The van der Waals surface area contributed by atoms with Crippen LogP contribution in [0, 0.1) is 6.92 Å². The number of phenolic OH excluding ortho intramolecular Hbond substituents is 1. The van der Waals surface area contributed by atoms with E-state index in [4.69, 9.17) is 9.84 Å². The molecule has 25 heavy (non-hydrogen) atoms. The van der Waals surface area contributed by atoms with Crippen LogP contribution in [0.4, 0.5) is 5.69 Å². The van der Waals surface area contributed by atoms with Gasteiger partial charge in [0.2, 0.25) is 0 Å². The molecular formula is C19H21NO5. The molecule has 0 radical (unpaired) electrons. The van der Waals surface area contributed by atoms with Crippen molar-refractivity contribution in [2.24, 2.45) is 0 Å². The Labute approximate surface area is 146 Å². The van der Waals surface area contributed by atoms with Crippen LogP contribution in [-0.4, -0.2) is 28.7 Å². The lowest BCUT2D eigenvalue weighted by molar-refractivity contribution is -0.118. The van der Waals surface area contributed by atoms with Crippen LogP contribution in [-0.2, 0) is 4.79 Å². The molecule has 0 fully saturated rings. The smallest absolute Gasteiger partial charge is 0.335 e. The summed E-state index contributed by atoms with van der Waals surface area (Å²) in [6.07, 6.45) is 0. The fraction of sp³-hybridized carbons (Fsp3) is 0.263. The lowest BCUT2D eigenvalue weighted by Gasteiger charge is -2.15. The molecule has 2 aromatic rings. The third-order valence-electron chi connectivity index (χ3n) is 3.67. The Morgan fingerprint density at radius 2 is 1.88 bits per heavy atom. The Morgan fingerprint density at radius 3 is 2.52 bits per heavy atom. The highest BCUT2D eigenvalue weighted by Gasteiger charge is 2.13. The second-order valence-corrected chi connectivity index (χ2v) is 6.07. The summed E-state index contributed by atoms with van der Waals surface area (Å²) in [5, 5.41) is 21.2. The molecule has 6 heteroatoms. The zero-order valence-corrected chi connectivity index (χ0v) is 14.4. The standard InChI is InChI=1S/C19H21NO5/c1-11(2)14-6-4-12(3)8-17(14)25-10-18(22)20-15-9-13(19(23)24)5-7-16(15)21/h4-9,11,21H,10H2,1-3H3,(H,20,22)(H,23,24). The van der Waals surface area contributed by atoms with E-state index in [0.717, 1.165) is 11.1 Å². The maximum atomic E-state index is 12.1. The van der Waals surface area contributed by atoms with Crippen LogP contribution >= 0.6 is 0 Å². The summed E-state index contributed by atoms with van der Waals surface area (Å²) in [5.74, 6) is -0.970. The van der Waals surface area contributed by atoms with Crippen LogP contribution in [0.3, 0.4) is 0 Å². The number of rotatable bonds is 6. The summed E-state index contributed by atoms with van der Waals surface area (Å²) in [6, 6.07) is 9.49. The van der Waals surface area contributed by atoms with Crippen LogP contribution in [0.25, 0.3) is 0 Å². The van der Waals surface area contributed by atoms with Crippen molar-refractivity contribution in [3.05, 3.63) is 53.1 Å². The minimum absolute atomic E-state index is 0.0295. The summed E-state index contributed by atoms with van der Waals surface area (Å²) >= 11 is 0. The van der Waals surface area contributed by atoms with Gasteiger partial charge in [-0.15, -0.1) is 0 Å². The molecule has 0 aromatic heterocycles. The number of nitrogens with one attached hydrogen (secondary N) is 1. The van der Waals surface area contributed by atoms with Crippen molar-refractivity contribution in [1.29, 1.82) is 0 Å². The predicted molar refractivity (Wildman–Crippen MR) is 94.5 cm³/mol. The van der Waals surface area contributed by atoms with Crippen molar-refractivity contribution in [2.45, 2.75) is 26.7 Å². The normalized spacial score (nSPS) is 10.6. The van der Waals surface area contributed by atoms with Crippen molar-refractivity contribution in [3.63, 3.8) is 0 Å². The van der Waals surface area contributed by atoms with Gasteiger partial charge in [-0.1, -0.05) is 26.0 Å². The van der Waals surface area contributed by atoms with Crippen LogP contribution in [0.2, 0.25) is 0 Å². The molecule has 0 heterocycles. The number of carboxylic acids is 1. The van der Waals surface area contributed by atoms with Crippen LogP contribution < -0.4 is 10.1 Å². The molecule has 0 unspecified atom stereocenters. The highest BCUT2D eigenvalue weighted by molar-refractivity contribution is 5.96. The summed E-state index contributed by atoms with van der Waals surface area (Å²) in [5.41, 5.74) is 2.01. The lowest BCUT2D eigenvalue weighted by Crippen LogP contribution is -2.21. The van der Waals surface area contributed by atoms with Gasteiger partial charge in [0, 0.05) is 0 Å². The number of aromatic carboxylic acids is 1. The van der Waals surface area contributed by atoms with Crippen molar-refractivity contribution in [1.82, 2.24) is 0 Å². The van der Waals surface area contributed by atoms with Crippen LogP contribution in [0.5, 0.6) is 11.5 Å². The largest absolute Gasteiger partial charge is 0.506 e. The average molecular weight is 343 g/mol.